The van der Waals surface area contributed by atoms with Crippen molar-refractivity contribution < 1.29 is 23.9 Å². The van der Waals surface area contributed by atoms with E-state index in [9.17, 15) is 14.4 Å². The monoisotopic (exact) mass is 609 g/mol. The molecule has 0 saturated heterocycles. The summed E-state index contributed by atoms with van der Waals surface area (Å²) in [5.41, 5.74) is 3.34. The molecule has 8 nitrogen and oxygen atoms in total. The van der Waals surface area contributed by atoms with E-state index >= 15 is 0 Å². The summed E-state index contributed by atoms with van der Waals surface area (Å²) in [5, 5.41) is 8.20. The van der Waals surface area contributed by atoms with Crippen LogP contribution in [0, 0.1) is 6.92 Å². The van der Waals surface area contributed by atoms with Crippen LogP contribution in [0.1, 0.15) is 34.8 Å². The first-order valence-corrected chi connectivity index (χ1v) is 14.9. The second-order valence-electron chi connectivity index (χ2n) is 9.79. The number of anilines is 2. The lowest BCUT2D eigenvalue weighted by Crippen LogP contribution is -2.30. The Labute approximate surface area is 261 Å². The molecule has 0 fully saturated rings. The number of carbonyl (C=O) groups is 3. The molecule has 4 rings (SSSR count). The Hall–Kier alpha value is -5.02. The van der Waals surface area contributed by atoms with E-state index in [1.54, 1.807) is 73.8 Å². The second kappa shape index (κ2) is 15.5. The Balaban J connectivity index is 1.51. The molecular formula is C35H35N3O5S. The highest BCUT2D eigenvalue weighted by Gasteiger charge is 2.21. The quantitative estimate of drug-likeness (QED) is 0.119. The van der Waals surface area contributed by atoms with E-state index in [4.69, 9.17) is 9.47 Å². The van der Waals surface area contributed by atoms with Crippen molar-refractivity contribution in [3.8, 4) is 11.5 Å². The zero-order chi connectivity index (χ0) is 31.5. The minimum absolute atomic E-state index is 0.101. The summed E-state index contributed by atoms with van der Waals surface area (Å²) >= 11 is 1.38. The highest BCUT2D eigenvalue weighted by atomic mass is 32.2. The Morgan fingerprint density at radius 2 is 1.59 bits per heavy atom. The Morgan fingerprint density at radius 3 is 2.30 bits per heavy atom. The van der Waals surface area contributed by atoms with Gasteiger partial charge in [0, 0.05) is 22.2 Å². The van der Waals surface area contributed by atoms with E-state index in [0.29, 0.717) is 34.9 Å². The molecule has 0 spiro atoms. The summed E-state index contributed by atoms with van der Waals surface area (Å²) in [6.07, 6.45) is 2.22. The first kappa shape index (κ1) is 31.9. The average Bonchev–Trinajstić information content (AvgIpc) is 3.04. The lowest BCUT2D eigenvalue weighted by Gasteiger charge is -2.17. The van der Waals surface area contributed by atoms with Crippen molar-refractivity contribution in [3.63, 3.8) is 0 Å². The number of carbonyl (C=O) groups excluding carboxylic acids is 3. The van der Waals surface area contributed by atoms with Crippen molar-refractivity contribution in [3.05, 3.63) is 119 Å². The number of hydrogen-bond donors (Lipinski definition) is 3. The van der Waals surface area contributed by atoms with Crippen LogP contribution in [0.2, 0.25) is 0 Å². The maximum atomic E-state index is 13.5. The fraction of sp³-hybridized carbons (Fsp3) is 0.171. The second-order valence-corrected chi connectivity index (χ2v) is 11.1. The number of benzene rings is 4. The molecule has 44 heavy (non-hydrogen) atoms. The molecule has 3 N–H and O–H groups in total. The van der Waals surface area contributed by atoms with Gasteiger partial charge in [0.25, 0.3) is 11.8 Å². The van der Waals surface area contributed by atoms with Crippen molar-refractivity contribution in [2.45, 2.75) is 30.4 Å². The van der Waals surface area contributed by atoms with Crippen LogP contribution < -0.4 is 25.4 Å². The summed E-state index contributed by atoms with van der Waals surface area (Å²) in [6.45, 7) is 3.87. The number of hydrogen-bond acceptors (Lipinski definition) is 6. The Morgan fingerprint density at radius 1 is 0.841 bits per heavy atom. The smallest absolute Gasteiger partial charge is 0.272 e. The molecule has 1 atom stereocenters. The maximum absolute atomic E-state index is 13.5. The van der Waals surface area contributed by atoms with E-state index in [-0.39, 0.29) is 11.6 Å². The molecule has 0 aliphatic heterocycles. The third-order valence-electron chi connectivity index (χ3n) is 6.72. The van der Waals surface area contributed by atoms with Crippen LogP contribution in [-0.4, -0.2) is 37.2 Å². The molecule has 9 heteroatoms. The van der Waals surface area contributed by atoms with E-state index in [1.165, 1.54) is 18.9 Å². The van der Waals surface area contributed by atoms with Crippen LogP contribution in [0.4, 0.5) is 11.4 Å². The highest BCUT2D eigenvalue weighted by molar-refractivity contribution is 8.00. The maximum Gasteiger partial charge on any atom is 0.272 e. The standard InChI is InChI=1S/C35H35N3O5S/c1-5-32(35(41)37-29-22-27(42-3)18-19-31(29)43-4)44-28-17-11-16-26(21-28)36-34(40)30(20-25-15-10-9-12-23(25)2)38-33(39)24-13-7-6-8-14-24/h6-22,32H,5H2,1-4H3,(H,36,40)(H,37,41)(H,38,39)/b30-20-. The largest absolute Gasteiger partial charge is 0.497 e. The predicted octanol–water partition coefficient (Wildman–Crippen LogP) is 6.93. The van der Waals surface area contributed by atoms with Gasteiger partial charge in [-0.3, -0.25) is 14.4 Å². The molecule has 0 radical (unpaired) electrons. The third-order valence-corrected chi connectivity index (χ3v) is 8.07. The number of methoxy groups -OCH3 is 2. The first-order valence-electron chi connectivity index (χ1n) is 14.1. The fourth-order valence-electron chi connectivity index (χ4n) is 4.30. The minimum Gasteiger partial charge on any atom is -0.497 e. The van der Waals surface area contributed by atoms with Gasteiger partial charge >= 0.3 is 0 Å². The van der Waals surface area contributed by atoms with Gasteiger partial charge in [-0.1, -0.05) is 55.5 Å². The molecule has 0 bridgehead atoms. The molecule has 226 valence electrons. The van der Waals surface area contributed by atoms with Crippen molar-refractivity contribution >= 4 is 46.9 Å². The summed E-state index contributed by atoms with van der Waals surface area (Å²) in [4.78, 5) is 40.5. The van der Waals surface area contributed by atoms with Crippen LogP contribution in [0.15, 0.2) is 108 Å². The molecular weight excluding hydrogens is 574 g/mol. The van der Waals surface area contributed by atoms with Gasteiger partial charge in [-0.05, 0) is 73.0 Å². The number of ether oxygens (including phenoxy) is 2. The first-order chi connectivity index (χ1) is 21.3. The van der Waals surface area contributed by atoms with Gasteiger partial charge in [-0.25, -0.2) is 0 Å². The fourth-order valence-corrected chi connectivity index (χ4v) is 5.32. The van der Waals surface area contributed by atoms with Crippen LogP contribution >= 0.6 is 11.8 Å². The van der Waals surface area contributed by atoms with Crippen LogP contribution in [0.25, 0.3) is 6.08 Å². The highest BCUT2D eigenvalue weighted by Crippen LogP contribution is 2.32. The predicted molar refractivity (Wildman–Crippen MR) is 176 cm³/mol. The minimum atomic E-state index is -0.477. The van der Waals surface area contributed by atoms with E-state index in [1.807, 2.05) is 50.2 Å². The van der Waals surface area contributed by atoms with E-state index in [0.717, 1.165) is 16.0 Å². The molecule has 0 aromatic heterocycles. The lowest BCUT2D eigenvalue weighted by molar-refractivity contribution is -0.116. The van der Waals surface area contributed by atoms with Crippen molar-refractivity contribution in [2.24, 2.45) is 0 Å². The molecule has 0 heterocycles. The van der Waals surface area contributed by atoms with Gasteiger partial charge < -0.3 is 25.4 Å². The van der Waals surface area contributed by atoms with Gasteiger partial charge in [0.1, 0.15) is 17.2 Å². The number of nitrogens with one attached hydrogen (secondary N) is 3. The number of rotatable bonds is 12. The topological polar surface area (TPSA) is 106 Å². The van der Waals surface area contributed by atoms with Gasteiger partial charge in [0.05, 0.1) is 25.2 Å². The molecule has 3 amide bonds. The van der Waals surface area contributed by atoms with Crippen molar-refractivity contribution in [1.82, 2.24) is 5.32 Å². The lowest BCUT2D eigenvalue weighted by atomic mass is 10.1. The van der Waals surface area contributed by atoms with Gasteiger partial charge in [-0.2, -0.15) is 0 Å². The summed E-state index contributed by atoms with van der Waals surface area (Å²) in [7, 11) is 3.10. The SMILES string of the molecule is CCC(Sc1cccc(NC(=O)/C(=C/c2ccccc2C)NC(=O)c2ccccc2)c1)C(=O)Nc1cc(OC)ccc1OC. The third kappa shape index (κ3) is 8.52. The van der Waals surface area contributed by atoms with E-state index in [2.05, 4.69) is 16.0 Å². The molecule has 0 saturated carbocycles. The number of thioether (sulfide) groups is 1. The van der Waals surface area contributed by atoms with Crippen LogP contribution in [0.5, 0.6) is 11.5 Å². The summed E-state index contributed by atoms with van der Waals surface area (Å²) in [5.74, 6) is 0.0631. The van der Waals surface area contributed by atoms with E-state index < -0.39 is 17.1 Å². The molecule has 1 unspecified atom stereocenters. The number of aryl methyl sites for hydroxylation is 1. The average molecular weight is 610 g/mol. The van der Waals surface area contributed by atoms with Gasteiger partial charge in [-0.15, -0.1) is 11.8 Å². The van der Waals surface area contributed by atoms with Crippen LogP contribution in [-0.2, 0) is 9.59 Å². The normalized spacial score (nSPS) is 11.7. The van der Waals surface area contributed by atoms with Crippen LogP contribution in [0.3, 0.4) is 0 Å². The molecule has 0 aliphatic carbocycles. The summed E-state index contributed by atoms with van der Waals surface area (Å²) in [6, 6.07) is 28.8. The summed E-state index contributed by atoms with van der Waals surface area (Å²) < 4.78 is 10.7. The van der Waals surface area contributed by atoms with Crippen molar-refractivity contribution in [2.75, 3.05) is 24.9 Å². The molecule has 4 aromatic rings. The van der Waals surface area contributed by atoms with Crippen molar-refractivity contribution in [1.29, 1.82) is 0 Å². The zero-order valence-electron chi connectivity index (χ0n) is 25.0. The van der Waals surface area contributed by atoms with Gasteiger partial charge in [0.2, 0.25) is 5.91 Å². The Bertz CT molecular complexity index is 1660. The number of amides is 3. The zero-order valence-corrected chi connectivity index (χ0v) is 25.9. The Kier molecular flexibility index (Phi) is 11.2. The van der Waals surface area contributed by atoms with Gasteiger partial charge in [0.15, 0.2) is 0 Å². The molecule has 0 aliphatic rings. The molecule has 4 aromatic carbocycles.